The molecule has 0 aliphatic rings. The Morgan fingerprint density at radius 3 is 2.23 bits per heavy atom. The van der Waals surface area contributed by atoms with E-state index in [-0.39, 0.29) is 11.5 Å². The van der Waals surface area contributed by atoms with Crippen molar-refractivity contribution < 1.29 is 14.6 Å². The maximum Gasteiger partial charge on any atom is 0.165 e. The fourth-order valence-corrected chi connectivity index (χ4v) is 4.19. The highest BCUT2D eigenvalue weighted by Crippen LogP contribution is 2.36. The standard InChI is InChI=1S/C25H16FNO2S/c26-22-12-17(4-8-25(22)29)24-13-20(18-9-10-30-14-18)21-11-16(3-7-23(21)27-24)15-1-5-19(28)6-2-15/h1-14,28-29H. The number of hydrogen-bond donors (Lipinski definition) is 2. The van der Waals surface area contributed by atoms with Gasteiger partial charge < -0.3 is 10.2 Å². The van der Waals surface area contributed by atoms with Crippen LogP contribution < -0.4 is 0 Å². The summed E-state index contributed by atoms with van der Waals surface area (Å²) in [5, 5.41) is 24.2. The minimum Gasteiger partial charge on any atom is -0.508 e. The molecule has 0 radical (unpaired) electrons. The van der Waals surface area contributed by atoms with Crippen molar-refractivity contribution in [3.8, 4) is 45.0 Å². The van der Waals surface area contributed by atoms with E-state index in [4.69, 9.17) is 4.98 Å². The van der Waals surface area contributed by atoms with Gasteiger partial charge in [0.1, 0.15) is 5.75 Å². The van der Waals surface area contributed by atoms with Crippen LogP contribution in [0, 0.1) is 5.82 Å². The second kappa shape index (κ2) is 7.28. The number of aromatic nitrogens is 1. The van der Waals surface area contributed by atoms with Crippen LogP contribution in [0.25, 0.3) is 44.4 Å². The lowest BCUT2D eigenvalue weighted by Crippen LogP contribution is -1.91. The van der Waals surface area contributed by atoms with E-state index in [1.165, 1.54) is 12.1 Å². The molecule has 5 aromatic rings. The molecule has 5 rings (SSSR count). The Bertz CT molecular complexity index is 1360. The number of rotatable bonds is 3. The van der Waals surface area contributed by atoms with E-state index in [2.05, 4.69) is 11.4 Å². The lowest BCUT2D eigenvalue weighted by Gasteiger charge is -2.12. The average Bonchev–Trinajstić information content (AvgIpc) is 3.30. The summed E-state index contributed by atoms with van der Waals surface area (Å²) in [6, 6.07) is 21.4. The van der Waals surface area contributed by atoms with E-state index >= 15 is 0 Å². The second-order valence-corrected chi connectivity index (χ2v) is 7.79. The molecule has 0 spiro atoms. The second-order valence-electron chi connectivity index (χ2n) is 7.01. The smallest absolute Gasteiger partial charge is 0.165 e. The zero-order valence-electron chi connectivity index (χ0n) is 15.7. The summed E-state index contributed by atoms with van der Waals surface area (Å²) in [5.41, 5.74) is 6.12. The molecule has 0 saturated heterocycles. The van der Waals surface area contributed by atoms with Gasteiger partial charge in [-0.25, -0.2) is 9.37 Å². The molecule has 30 heavy (non-hydrogen) atoms. The van der Waals surface area contributed by atoms with Crippen LogP contribution in [-0.4, -0.2) is 15.2 Å². The first-order chi connectivity index (χ1) is 14.6. The highest BCUT2D eigenvalue weighted by Gasteiger charge is 2.13. The molecular formula is C25H16FNO2S. The molecule has 3 aromatic carbocycles. The number of halogens is 1. The molecule has 2 N–H and O–H groups in total. The predicted octanol–water partition coefficient (Wildman–Crippen LogP) is 6.85. The number of aromatic hydroxyl groups is 2. The molecule has 5 heteroatoms. The Balaban J connectivity index is 1.73. The lowest BCUT2D eigenvalue weighted by atomic mass is 9.96. The van der Waals surface area contributed by atoms with Crippen LogP contribution in [0.3, 0.4) is 0 Å². The Hall–Kier alpha value is -3.70. The van der Waals surface area contributed by atoms with E-state index in [1.807, 2.05) is 41.8 Å². The number of phenolic OH excluding ortho intramolecular Hbond substituents is 2. The van der Waals surface area contributed by atoms with Crippen molar-refractivity contribution in [1.29, 1.82) is 0 Å². The molecule has 3 nitrogen and oxygen atoms in total. The highest BCUT2D eigenvalue weighted by molar-refractivity contribution is 7.08. The molecule has 2 heterocycles. The zero-order chi connectivity index (χ0) is 20.7. The summed E-state index contributed by atoms with van der Waals surface area (Å²) >= 11 is 1.61. The quantitative estimate of drug-likeness (QED) is 0.340. The zero-order valence-corrected chi connectivity index (χ0v) is 16.5. The van der Waals surface area contributed by atoms with Gasteiger partial charge in [0.15, 0.2) is 11.6 Å². The predicted molar refractivity (Wildman–Crippen MR) is 119 cm³/mol. The molecule has 0 saturated carbocycles. The van der Waals surface area contributed by atoms with E-state index in [0.29, 0.717) is 11.3 Å². The maximum atomic E-state index is 13.9. The Labute approximate surface area is 176 Å². The van der Waals surface area contributed by atoms with Gasteiger partial charge in [0.25, 0.3) is 0 Å². The molecule has 0 aliphatic carbocycles. The van der Waals surface area contributed by atoms with E-state index in [0.717, 1.165) is 33.2 Å². The Morgan fingerprint density at radius 2 is 1.50 bits per heavy atom. The molecule has 0 aliphatic heterocycles. The topological polar surface area (TPSA) is 53.4 Å². The lowest BCUT2D eigenvalue weighted by molar-refractivity contribution is 0.432. The van der Waals surface area contributed by atoms with Gasteiger partial charge in [0.05, 0.1) is 11.2 Å². The van der Waals surface area contributed by atoms with Crippen LogP contribution in [0.4, 0.5) is 4.39 Å². The fraction of sp³-hybridized carbons (Fsp3) is 0. The number of pyridine rings is 1. The van der Waals surface area contributed by atoms with E-state index in [1.54, 1.807) is 29.5 Å². The number of benzene rings is 3. The first-order valence-electron chi connectivity index (χ1n) is 9.34. The number of fused-ring (bicyclic) bond motifs is 1. The largest absolute Gasteiger partial charge is 0.508 e. The van der Waals surface area contributed by atoms with Gasteiger partial charge in [-0.1, -0.05) is 18.2 Å². The van der Waals surface area contributed by atoms with Crippen LogP contribution >= 0.6 is 11.3 Å². The maximum absolute atomic E-state index is 13.9. The van der Waals surface area contributed by atoms with Crippen LogP contribution in [0.1, 0.15) is 0 Å². The summed E-state index contributed by atoms with van der Waals surface area (Å²) in [4.78, 5) is 4.75. The Kier molecular flexibility index (Phi) is 4.45. The van der Waals surface area contributed by atoms with Gasteiger partial charge in [0.2, 0.25) is 0 Å². The third-order valence-electron chi connectivity index (χ3n) is 5.08. The van der Waals surface area contributed by atoms with Gasteiger partial charge in [-0.15, -0.1) is 0 Å². The van der Waals surface area contributed by atoms with Gasteiger partial charge in [-0.05, 0) is 87.6 Å². The van der Waals surface area contributed by atoms with Crippen molar-refractivity contribution >= 4 is 22.2 Å². The molecule has 146 valence electrons. The first-order valence-corrected chi connectivity index (χ1v) is 10.3. The van der Waals surface area contributed by atoms with Crippen LogP contribution in [0.2, 0.25) is 0 Å². The average molecular weight is 413 g/mol. The van der Waals surface area contributed by atoms with Gasteiger partial charge in [-0.3, -0.25) is 0 Å². The van der Waals surface area contributed by atoms with Crippen molar-refractivity contribution in [3.63, 3.8) is 0 Å². The van der Waals surface area contributed by atoms with Crippen molar-refractivity contribution in [2.75, 3.05) is 0 Å². The highest BCUT2D eigenvalue weighted by atomic mass is 32.1. The monoisotopic (exact) mass is 413 g/mol. The number of thiophene rings is 1. The third kappa shape index (κ3) is 3.29. The van der Waals surface area contributed by atoms with Gasteiger partial charge in [0, 0.05) is 10.9 Å². The summed E-state index contributed by atoms with van der Waals surface area (Å²) in [5.74, 6) is -0.823. The van der Waals surface area contributed by atoms with Crippen LogP contribution in [-0.2, 0) is 0 Å². The fourth-order valence-electron chi connectivity index (χ4n) is 3.53. The first kappa shape index (κ1) is 18.3. The van der Waals surface area contributed by atoms with Crippen LogP contribution in [0.15, 0.2) is 83.6 Å². The molecule has 0 fully saturated rings. The molecule has 0 atom stereocenters. The van der Waals surface area contributed by atoms with Gasteiger partial charge in [-0.2, -0.15) is 11.3 Å². The van der Waals surface area contributed by atoms with Crippen molar-refractivity contribution in [2.45, 2.75) is 0 Å². The SMILES string of the molecule is Oc1ccc(-c2ccc3nc(-c4ccc(O)c(F)c4)cc(-c4ccsc4)c3c2)cc1. The van der Waals surface area contributed by atoms with Crippen molar-refractivity contribution in [2.24, 2.45) is 0 Å². The van der Waals surface area contributed by atoms with E-state index in [9.17, 15) is 14.6 Å². The number of phenols is 2. The Morgan fingerprint density at radius 1 is 0.733 bits per heavy atom. The third-order valence-corrected chi connectivity index (χ3v) is 5.77. The number of hydrogen-bond acceptors (Lipinski definition) is 4. The molecular weight excluding hydrogens is 397 g/mol. The summed E-state index contributed by atoms with van der Waals surface area (Å²) in [6.45, 7) is 0. The molecule has 2 aromatic heterocycles. The molecule has 0 amide bonds. The number of nitrogens with zero attached hydrogens (tertiary/aromatic N) is 1. The minimum absolute atomic E-state index is 0.228. The van der Waals surface area contributed by atoms with Crippen molar-refractivity contribution in [1.82, 2.24) is 4.98 Å². The van der Waals surface area contributed by atoms with E-state index < -0.39 is 5.82 Å². The molecule has 0 unspecified atom stereocenters. The molecule has 0 bridgehead atoms. The normalized spacial score (nSPS) is 11.1. The van der Waals surface area contributed by atoms with Gasteiger partial charge >= 0.3 is 0 Å². The minimum atomic E-state index is -0.672. The summed E-state index contributed by atoms with van der Waals surface area (Å²) in [7, 11) is 0. The summed E-state index contributed by atoms with van der Waals surface area (Å²) in [6.07, 6.45) is 0. The summed E-state index contributed by atoms with van der Waals surface area (Å²) < 4.78 is 13.9. The van der Waals surface area contributed by atoms with Crippen molar-refractivity contribution in [3.05, 3.63) is 89.4 Å². The van der Waals surface area contributed by atoms with Crippen LogP contribution in [0.5, 0.6) is 11.5 Å².